The van der Waals surface area contributed by atoms with Gasteiger partial charge in [-0.1, -0.05) is 51.5 Å². The van der Waals surface area contributed by atoms with Crippen LogP contribution >= 0.6 is 39.0 Å². The third kappa shape index (κ3) is 5.02. The van der Waals surface area contributed by atoms with Crippen LogP contribution in [0.1, 0.15) is 12.0 Å². The summed E-state index contributed by atoms with van der Waals surface area (Å²) < 4.78 is 4.02. The van der Waals surface area contributed by atoms with Crippen molar-refractivity contribution in [3.05, 3.63) is 70.0 Å². The van der Waals surface area contributed by atoms with Crippen molar-refractivity contribution in [2.24, 2.45) is 4.99 Å². The standard InChI is InChI=1S/C23H22BrN3O2S2/c1-2-11-27-19-10-9-17(24)13-20(19)31-23(27)25-21(28)14-30-15-22(29)26-12-5-7-16-6-3-4-8-18(16)26/h2-4,6,8-10,13H,1,5,7,11-12,14-15H2. The molecule has 4 rings (SSSR count). The molecule has 0 fully saturated rings. The number of thioether (sulfide) groups is 1. The molecule has 3 aromatic rings. The number of carbonyl (C=O) groups excluding carboxylic acids is 2. The Morgan fingerprint density at radius 2 is 2.06 bits per heavy atom. The molecule has 2 amide bonds. The molecule has 0 saturated carbocycles. The van der Waals surface area contributed by atoms with Crippen LogP contribution in [-0.2, 0) is 22.6 Å². The van der Waals surface area contributed by atoms with Crippen molar-refractivity contribution in [1.29, 1.82) is 0 Å². The molecule has 2 heterocycles. The van der Waals surface area contributed by atoms with Gasteiger partial charge < -0.3 is 9.47 Å². The van der Waals surface area contributed by atoms with E-state index in [2.05, 4.69) is 33.6 Å². The number of hydrogen-bond acceptors (Lipinski definition) is 4. The van der Waals surface area contributed by atoms with Crippen molar-refractivity contribution in [2.75, 3.05) is 23.0 Å². The summed E-state index contributed by atoms with van der Waals surface area (Å²) in [7, 11) is 0. The molecule has 5 nitrogen and oxygen atoms in total. The number of aromatic nitrogens is 1. The van der Waals surface area contributed by atoms with Crippen LogP contribution in [0.15, 0.2) is 64.6 Å². The maximum atomic E-state index is 12.7. The zero-order chi connectivity index (χ0) is 21.8. The van der Waals surface area contributed by atoms with Crippen molar-refractivity contribution >= 4 is 66.7 Å². The summed E-state index contributed by atoms with van der Waals surface area (Å²) in [5.41, 5.74) is 3.23. The minimum Gasteiger partial charge on any atom is -0.313 e. The lowest BCUT2D eigenvalue weighted by Crippen LogP contribution is -2.36. The van der Waals surface area contributed by atoms with Crippen LogP contribution in [-0.4, -0.2) is 34.4 Å². The van der Waals surface area contributed by atoms with Gasteiger partial charge in [0.1, 0.15) is 0 Å². The quantitative estimate of drug-likeness (QED) is 0.443. The van der Waals surface area contributed by atoms with Crippen LogP contribution < -0.4 is 9.70 Å². The second-order valence-corrected chi connectivity index (χ2v) is 10.1. The average Bonchev–Trinajstić information content (AvgIpc) is 3.09. The number of amides is 2. The van der Waals surface area contributed by atoms with Crippen LogP contribution in [0.3, 0.4) is 0 Å². The molecule has 0 N–H and O–H groups in total. The molecule has 31 heavy (non-hydrogen) atoms. The lowest BCUT2D eigenvalue weighted by atomic mass is 10.0. The van der Waals surface area contributed by atoms with Gasteiger partial charge in [0.2, 0.25) is 5.91 Å². The summed E-state index contributed by atoms with van der Waals surface area (Å²) in [6.45, 7) is 5.12. The van der Waals surface area contributed by atoms with Gasteiger partial charge in [-0.05, 0) is 42.7 Å². The van der Waals surface area contributed by atoms with E-state index in [1.165, 1.54) is 28.7 Å². The molecule has 0 unspecified atom stereocenters. The summed E-state index contributed by atoms with van der Waals surface area (Å²) in [6, 6.07) is 14.0. The highest BCUT2D eigenvalue weighted by Crippen LogP contribution is 2.27. The number of hydrogen-bond donors (Lipinski definition) is 0. The number of aryl methyl sites for hydroxylation is 1. The van der Waals surface area contributed by atoms with Crippen molar-refractivity contribution < 1.29 is 9.59 Å². The number of thiazole rings is 1. The fourth-order valence-electron chi connectivity index (χ4n) is 3.67. The first-order valence-corrected chi connectivity index (χ1v) is 12.8. The van der Waals surface area contributed by atoms with E-state index in [-0.39, 0.29) is 23.3 Å². The van der Waals surface area contributed by atoms with Crippen molar-refractivity contribution in [3.8, 4) is 0 Å². The molecule has 1 aliphatic rings. The van der Waals surface area contributed by atoms with Gasteiger partial charge in [-0.3, -0.25) is 9.59 Å². The normalized spacial score (nSPS) is 14.0. The highest BCUT2D eigenvalue weighted by Gasteiger charge is 2.22. The Morgan fingerprint density at radius 1 is 1.23 bits per heavy atom. The number of allylic oxidation sites excluding steroid dienone is 1. The number of halogens is 1. The first-order chi connectivity index (χ1) is 15.1. The van der Waals surface area contributed by atoms with Crippen LogP contribution in [0.4, 0.5) is 5.69 Å². The predicted molar refractivity (Wildman–Crippen MR) is 133 cm³/mol. The second kappa shape index (κ2) is 9.97. The fraction of sp³-hybridized carbons (Fsp3) is 0.261. The predicted octanol–water partition coefficient (Wildman–Crippen LogP) is 4.79. The van der Waals surface area contributed by atoms with Crippen molar-refractivity contribution in [1.82, 2.24) is 4.57 Å². The number of anilines is 1. The number of para-hydroxylation sites is 1. The first kappa shape index (κ1) is 22.0. The highest BCUT2D eigenvalue weighted by molar-refractivity contribution is 9.10. The van der Waals surface area contributed by atoms with Crippen LogP contribution in [0, 0.1) is 0 Å². The van der Waals surface area contributed by atoms with E-state index < -0.39 is 0 Å². The largest absolute Gasteiger partial charge is 0.313 e. The zero-order valence-electron chi connectivity index (χ0n) is 16.9. The SMILES string of the molecule is C=CCn1c(=NC(=O)CSCC(=O)N2CCCc3ccccc32)sc2cc(Br)ccc21. The van der Waals surface area contributed by atoms with E-state index in [1.54, 1.807) is 6.08 Å². The summed E-state index contributed by atoms with van der Waals surface area (Å²) in [4.78, 5) is 32.1. The maximum absolute atomic E-state index is 12.7. The van der Waals surface area contributed by atoms with Gasteiger partial charge in [0.15, 0.2) is 4.80 Å². The molecule has 0 aliphatic carbocycles. The Morgan fingerprint density at radius 3 is 2.90 bits per heavy atom. The Balaban J connectivity index is 1.43. The fourth-order valence-corrected chi connectivity index (χ4v) is 5.95. The topological polar surface area (TPSA) is 54.7 Å². The van der Waals surface area contributed by atoms with Gasteiger partial charge in [-0.15, -0.1) is 18.3 Å². The third-order valence-electron chi connectivity index (χ3n) is 5.04. The Bertz CT molecular complexity index is 1210. The number of rotatable bonds is 6. The van der Waals surface area contributed by atoms with E-state index in [1.807, 2.05) is 45.9 Å². The van der Waals surface area contributed by atoms with Crippen LogP contribution in [0.5, 0.6) is 0 Å². The molecule has 0 saturated heterocycles. The van der Waals surface area contributed by atoms with Gasteiger partial charge >= 0.3 is 0 Å². The minimum absolute atomic E-state index is 0.0402. The summed E-state index contributed by atoms with van der Waals surface area (Å²) in [6.07, 6.45) is 3.76. The lowest BCUT2D eigenvalue weighted by Gasteiger charge is -2.29. The highest BCUT2D eigenvalue weighted by atomic mass is 79.9. The number of fused-ring (bicyclic) bond motifs is 2. The molecular formula is C23H22BrN3O2S2. The average molecular weight is 516 g/mol. The van der Waals surface area contributed by atoms with Crippen LogP contribution in [0.25, 0.3) is 10.2 Å². The minimum atomic E-state index is -0.236. The van der Waals surface area contributed by atoms with E-state index >= 15 is 0 Å². The van der Waals surface area contributed by atoms with Crippen LogP contribution in [0.2, 0.25) is 0 Å². The Kier molecular flexibility index (Phi) is 7.09. The van der Waals surface area contributed by atoms with E-state index in [0.717, 1.165) is 39.8 Å². The van der Waals surface area contributed by atoms with E-state index in [4.69, 9.17) is 0 Å². The second-order valence-electron chi connectivity index (χ2n) is 7.17. The van der Waals surface area contributed by atoms with Crippen molar-refractivity contribution in [2.45, 2.75) is 19.4 Å². The molecule has 160 valence electrons. The molecule has 2 aromatic carbocycles. The van der Waals surface area contributed by atoms with Crippen molar-refractivity contribution in [3.63, 3.8) is 0 Å². The van der Waals surface area contributed by atoms with Gasteiger partial charge in [-0.2, -0.15) is 4.99 Å². The molecule has 1 aromatic heterocycles. The monoisotopic (exact) mass is 515 g/mol. The molecule has 0 atom stereocenters. The molecule has 0 spiro atoms. The van der Waals surface area contributed by atoms with Gasteiger partial charge in [0.25, 0.3) is 5.91 Å². The summed E-state index contributed by atoms with van der Waals surface area (Å²) in [5, 5.41) is 0. The third-order valence-corrected chi connectivity index (χ3v) is 7.48. The molecular weight excluding hydrogens is 494 g/mol. The summed E-state index contributed by atoms with van der Waals surface area (Å²) in [5.74, 6) is 0.244. The lowest BCUT2D eigenvalue weighted by molar-refractivity contribution is -0.116. The number of benzene rings is 2. The number of nitrogens with zero attached hydrogens (tertiary/aromatic N) is 3. The maximum Gasteiger partial charge on any atom is 0.258 e. The van der Waals surface area contributed by atoms with E-state index in [0.29, 0.717) is 11.3 Å². The van der Waals surface area contributed by atoms with Gasteiger partial charge in [0, 0.05) is 23.2 Å². The number of carbonyl (C=O) groups is 2. The summed E-state index contributed by atoms with van der Waals surface area (Å²) >= 11 is 6.28. The smallest absolute Gasteiger partial charge is 0.258 e. The molecule has 8 heteroatoms. The zero-order valence-corrected chi connectivity index (χ0v) is 20.1. The molecule has 1 aliphatic heterocycles. The van der Waals surface area contributed by atoms with E-state index in [9.17, 15) is 9.59 Å². The molecule has 0 radical (unpaired) electrons. The van der Waals surface area contributed by atoms with Gasteiger partial charge in [-0.25, -0.2) is 0 Å². The molecule has 0 bridgehead atoms. The first-order valence-electron chi connectivity index (χ1n) is 10.00. The van der Waals surface area contributed by atoms with Gasteiger partial charge in [0.05, 0.1) is 21.7 Å². The Labute approximate surface area is 197 Å². The Hall–Kier alpha value is -2.16.